The van der Waals surface area contributed by atoms with Crippen molar-refractivity contribution < 1.29 is 18.6 Å². The minimum Gasteiger partial charge on any atom is -0.481 e. The number of nitrogens with one attached hydrogen (secondary N) is 1. The van der Waals surface area contributed by atoms with Gasteiger partial charge in [0.15, 0.2) is 0 Å². The van der Waals surface area contributed by atoms with Gasteiger partial charge in [0.25, 0.3) is 0 Å². The van der Waals surface area contributed by atoms with Crippen LogP contribution in [0.5, 0.6) is 5.88 Å². The van der Waals surface area contributed by atoms with Crippen molar-refractivity contribution in [2.75, 3.05) is 13.7 Å². The molecule has 1 unspecified atom stereocenters. The van der Waals surface area contributed by atoms with E-state index in [1.54, 1.807) is 0 Å². The molecule has 6 heteroatoms. The summed E-state index contributed by atoms with van der Waals surface area (Å²) in [5, 5.41) is 14.0. The molecule has 0 amide bonds. The van der Waals surface area contributed by atoms with Crippen molar-refractivity contribution in [3.8, 4) is 5.88 Å². The standard InChI is InChI=1S/C19H18F2N2O2/c1-25-19-13(9-12-5-2-3-8-16(12)23-19)10-22-11-17(24)18-14(20)6-4-7-15(18)21/h2-9,17,22,24H,10-11H2,1H3. The summed E-state index contributed by atoms with van der Waals surface area (Å²) < 4.78 is 32.7. The number of aromatic nitrogens is 1. The minimum atomic E-state index is -1.29. The lowest BCUT2D eigenvalue weighted by Crippen LogP contribution is -2.23. The van der Waals surface area contributed by atoms with E-state index in [9.17, 15) is 13.9 Å². The number of ether oxygens (including phenoxy) is 1. The van der Waals surface area contributed by atoms with Gasteiger partial charge in [-0.05, 0) is 24.3 Å². The van der Waals surface area contributed by atoms with Crippen molar-refractivity contribution in [2.24, 2.45) is 0 Å². The van der Waals surface area contributed by atoms with Crippen molar-refractivity contribution in [3.63, 3.8) is 0 Å². The fraction of sp³-hybridized carbons (Fsp3) is 0.211. The van der Waals surface area contributed by atoms with Crippen LogP contribution in [-0.4, -0.2) is 23.7 Å². The highest BCUT2D eigenvalue weighted by molar-refractivity contribution is 5.80. The molecule has 0 radical (unpaired) electrons. The Labute approximate surface area is 144 Å². The van der Waals surface area contributed by atoms with Crippen LogP contribution >= 0.6 is 0 Å². The number of halogens is 2. The monoisotopic (exact) mass is 344 g/mol. The van der Waals surface area contributed by atoms with Crippen LogP contribution in [-0.2, 0) is 6.54 Å². The molecule has 2 N–H and O–H groups in total. The zero-order valence-electron chi connectivity index (χ0n) is 13.7. The maximum atomic E-state index is 13.7. The lowest BCUT2D eigenvalue weighted by Gasteiger charge is -2.15. The zero-order valence-corrected chi connectivity index (χ0v) is 13.7. The fourth-order valence-corrected chi connectivity index (χ4v) is 2.72. The van der Waals surface area contributed by atoms with Crippen molar-refractivity contribution in [1.29, 1.82) is 0 Å². The van der Waals surface area contributed by atoms with Crippen LogP contribution in [0.25, 0.3) is 10.9 Å². The van der Waals surface area contributed by atoms with Gasteiger partial charge in [0.05, 0.1) is 24.3 Å². The first-order valence-electron chi connectivity index (χ1n) is 7.85. The quantitative estimate of drug-likeness (QED) is 0.720. The maximum Gasteiger partial charge on any atom is 0.218 e. The lowest BCUT2D eigenvalue weighted by atomic mass is 10.1. The number of benzene rings is 2. The summed E-state index contributed by atoms with van der Waals surface area (Å²) in [7, 11) is 1.53. The van der Waals surface area contributed by atoms with E-state index in [1.165, 1.54) is 13.2 Å². The molecular formula is C19H18F2N2O2. The van der Waals surface area contributed by atoms with Gasteiger partial charge in [0, 0.05) is 24.0 Å². The van der Waals surface area contributed by atoms with Gasteiger partial charge in [0.1, 0.15) is 11.6 Å². The molecule has 0 saturated carbocycles. The summed E-state index contributed by atoms with van der Waals surface area (Å²) in [5.74, 6) is -1.06. The number of hydrogen-bond acceptors (Lipinski definition) is 4. The number of fused-ring (bicyclic) bond motifs is 1. The SMILES string of the molecule is COc1nc2ccccc2cc1CNCC(O)c1c(F)cccc1F. The molecule has 0 saturated heterocycles. The molecule has 1 atom stereocenters. The molecule has 3 rings (SSSR count). The molecule has 130 valence electrons. The van der Waals surface area contributed by atoms with E-state index in [-0.39, 0.29) is 12.1 Å². The van der Waals surface area contributed by atoms with Gasteiger partial charge in [-0.25, -0.2) is 13.8 Å². The number of para-hydroxylation sites is 1. The number of pyridine rings is 1. The van der Waals surface area contributed by atoms with E-state index in [2.05, 4.69) is 10.3 Å². The van der Waals surface area contributed by atoms with Gasteiger partial charge >= 0.3 is 0 Å². The number of aliphatic hydroxyl groups excluding tert-OH is 1. The first-order chi connectivity index (χ1) is 12.1. The molecule has 0 aliphatic carbocycles. The van der Waals surface area contributed by atoms with E-state index in [1.807, 2.05) is 30.3 Å². The molecule has 1 heterocycles. The first-order valence-corrected chi connectivity index (χ1v) is 7.85. The molecule has 0 bridgehead atoms. The average molecular weight is 344 g/mol. The second kappa shape index (κ2) is 7.55. The second-order valence-corrected chi connectivity index (χ2v) is 5.63. The van der Waals surface area contributed by atoms with E-state index in [4.69, 9.17) is 4.74 Å². The van der Waals surface area contributed by atoms with Gasteiger partial charge in [0.2, 0.25) is 5.88 Å². The van der Waals surface area contributed by atoms with Gasteiger partial charge in [-0.2, -0.15) is 0 Å². The van der Waals surface area contributed by atoms with Crippen molar-refractivity contribution in [1.82, 2.24) is 10.3 Å². The average Bonchev–Trinajstić information content (AvgIpc) is 2.61. The number of methoxy groups -OCH3 is 1. The van der Waals surface area contributed by atoms with Crippen LogP contribution in [0.2, 0.25) is 0 Å². The van der Waals surface area contributed by atoms with Crippen molar-refractivity contribution in [2.45, 2.75) is 12.6 Å². The number of aliphatic hydroxyl groups is 1. The molecule has 25 heavy (non-hydrogen) atoms. The smallest absolute Gasteiger partial charge is 0.218 e. The van der Waals surface area contributed by atoms with Crippen molar-refractivity contribution >= 4 is 10.9 Å². The highest BCUT2D eigenvalue weighted by atomic mass is 19.1. The lowest BCUT2D eigenvalue weighted by molar-refractivity contribution is 0.164. The van der Waals surface area contributed by atoms with Gasteiger partial charge in [-0.1, -0.05) is 24.3 Å². The normalized spacial score (nSPS) is 12.3. The van der Waals surface area contributed by atoms with Crippen molar-refractivity contribution in [3.05, 3.63) is 71.3 Å². The minimum absolute atomic E-state index is 0.00612. The Morgan fingerprint density at radius 2 is 1.84 bits per heavy atom. The van der Waals surface area contributed by atoms with Crippen LogP contribution in [0.1, 0.15) is 17.2 Å². The Balaban J connectivity index is 1.72. The van der Waals surface area contributed by atoms with E-state index in [0.29, 0.717) is 12.4 Å². The number of hydrogen-bond donors (Lipinski definition) is 2. The Bertz CT molecular complexity index is 866. The third kappa shape index (κ3) is 3.75. The molecule has 1 aromatic heterocycles. The first kappa shape index (κ1) is 17.3. The second-order valence-electron chi connectivity index (χ2n) is 5.63. The predicted molar refractivity (Wildman–Crippen MR) is 91.3 cm³/mol. The fourth-order valence-electron chi connectivity index (χ4n) is 2.72. The van der Waals surface area contributed by atoms with Gasteiger partial charge in [-0.3, -0.25) is 0 Å². The molecule has 0 aliphatic rings. The molecular weight excluding hydrogens is 326 g/mol. The maximum absolute atomic E-state index is 13.7. The summed E-state index contributed by atoms with van der Waals surface area (Å²) >= 11 is 0. The van der Waals surface area contributed by atoms with Gasteiger partial charge in [-0.15, -0.1) is 0 Å². The van der Waals surface area contributed by atoms with E-state index in [0.717, 1.165) is 28.6 Å². The summed E-state index contributed by atoms with van der Waals surface area (Å²) in [6, 6.07) is 13.1. The van der Waals surface area contributed by atoms with Crippen LogP contribution in [0.15, 0.2) is 48.5 Å². The predicted octanol–water partition coefficient (Wildman–Crippen LogP) is 3.34. The molecule has 3 aromatic rings. The summed E-state index contributed by atoms with van der Waals surface area (Å²) in [4.78, 5) is 4.43. The summed E-state index contributed by atoms with van der Waals surface area (Å²) in [6.07, 6.45) is -1.29. The topological polar surface area (TPSA) is 54.4 Å². The number of rotatable bonds is 6. The summed E-state index contributed by atoms with van der Waals surface area (Å²) in [6.45, 7) is 0.335. The largest absolute Gasteiger partial charge is 0.481 e. The van der Waals surface area contributed by atoms with Crippen LogP contribution in [0.4, 0.5) is 8.78 Å². The van der Waals surface area contributed by atoms with Crippen LogP contribution in [0.3, 0.4) is 0 Å². The Morgan fingerprint density at radius 3 is 2.56 bits per heavy atom. The Morgan fingerprint density at radius 1 is 1.12 bits per heavy atom. The van der Waals surface area contributed by atoms with E-state index >= 15 is 0 Å². The highest BCUT2D eigenvalue weighted by Gasteiger charge is 2.17. The molecule has 4 nitrogen and oxygen atoms in total. The van der Waals surface area contributed by atoms with Crippen LogP contribution < -0.4 is 10.1 Å². The molecule has 0 fully saturated rings. The Kier molecular flexibility index (Phi) is 5.21. The van der Waals surface area contributed by atoms with Crippen LogP contribution in [0, 0.1) is 11.6 Å². The summed E-state index contributed by atoms with van der Waals surface area (Å²) in [5.41, 5.74) is 1.28. The number of nitrogens with zero attached hydrogens (tertiary/aromatic N) is 1. The third-order valence-electron chi connectivity index (χ3n) is 3.94. The molecule has 2 aromatic carbocycles. The Hall–Kier alpha value is -2.57. The van der Waals surface area contributed by atoms with Gasteiger partial charge < -0.3 is 15.2 Å². The molecule has 0 aliphatic heterocycles. The highest BCUT2D eigenvalue weighted by Crippen LogP contribution is 2.23. The molecule has 0 spiro atoms. The zero-order chi connectivity index (χ0) is 17.8. The third-order valence-corrected chi connectivity index (χ3v) is 3.94. The van der Waals surface area contributed by atoms with E-state index < -0.39 is 17.7 Å².